The molecule has 0 aromatic heterocycles. The van der Waals surface area contributed by atoms with Gasteiger partial charge in [-0.2, -0.15) is 0 Å². The van der Waals surface area contributed by atoms with Crippen molar-refractivity contribution in [3.05, 3.63) is 34.3 Å². The zero-order valence-corrected chi connectivity index (χ0v) is 11.3. The van der Waals surface area contributed by atoms with Crippen molar-refractivity contribution in [2.75, 3.05) is 13.1 Å². The standard InChI is InChI=1S/C14H19ClN2O/c1-14(18)5-6-17(8-14)11-7-9-3-2-4-10(15)12(9)13(11)16/h2-4,11,13,18H,5-8,16H2,1H3/t11-,13+,14+/m1/s1. The molecular formula is C14H19ClN2O. The number of hydrogen-bond donors (Lipinski definition) is 2. The second-order valence-corrected chi connectivity index (χ2v) is 6.23. The minimum atomic E-state index is -0.571. The van der Waals surface area contributed by atoms with Crippen molar-refractivity contribution in [3.8, 4) is 0 Å². The van der Waals surface area contributed by atoms with Gasteiger partial charge in [0.1, 0.15) is 0 Å². The summed E-state index contributed by atoms with van der Waals surface area (Å²) in [7, 11) is 0. The van der Waals surface area contributed by atoms with Gasteiger partial charge in [-0.25, -0.2) is 0 Å². The second kappa shape index (κ2) is 4.20. The Morgan fingerprint density at radius 2 is 2.28 bits per heavy atom. The lowest BCUT2D eigenvalue weighted by molar-refractivity contribution is 0.0607. The summed E-state index contributed by atoms with van der Waals surface area (Å²) in [6.45, 7) is 3.52. The highest BCUT2D eigenvalue weighted by molar-refractivity contribution is 6.31. The molecule has 1 aromatic rings. The smallest absolute Gasteiger partial charge is 0.0758 e. The maximum Gasteiger partial charge on any atom is 0.0758 e. The minimum absolute atomic E-state index is 0.0393. The summed E-state index contributed by atoms with van der Waals surface area (Å²) in [6.07, 6.45) is 1.76. The van der Waals surface area contributed by atoms with E-state index in [1.165, 1.54) is 5.56 Å². The lowest BCUT2D eigenvalue weighted by Gasteiger charge is -2.28. The number of rotatable bonds is 1. The molecule has 1 aliphatic carbocycles. The third kappa shape index (κ3) is 1.95. The van der Waals surface area contributed by atoms with Crippen LogP contribution >= 0.6 is 11.6 Å². The highest BCUT2D eigenvalue weighted by atomic mass is 35.5. The molecule has 0 amide bonds. The van der Waals surface area contributed by atoms with Gasteiger partial charge in [-0.3, -0.25) is 4.90 Å². The Balaban J connectivity index is 1.85. The Kier molecular flexibility index (Phi) is 2.90. The molecule has 0 unspecified atom stereocenters. The van der Waals surface area contributed by atoms with Gasteiger partial charge in [-0.05, 0) is 37.0 Å². The van der Waals surface area contributed by atoms with Crippen LogP contribution < -0.4 is 5.73 Å². The van der Waals surface area contributed by atoms with E-state index in [0.717, 1.165) is 30.0 Å². The van der Waals surface area contributed by atoms with Crippen molar-refractivity contribution in [2.24, 2.45) is 5.73 Å². The summed E-state index contributed by atoms with van der Waals surface area (Å²) in [6, 6.07) is 6.23. The number of nitrogens with two attached hydrogens (primary N) is 1. The molecule has 18 heavy (non-hydrogen) atoms. The molecular weight excluding hydrogens is 248 g/mol. The summed E-state index contributed by atoms with van der Waals surface area (Å²) < 4.78 is 0. The predicted octanol–water partition coefficient (Wildman–Crippen LogP) is 1.72. The monoisotopic (exact) mass is 266 g/mol. The van der Waals surface area contributed by atoms with Gasteiger partial charge in [-0.15, -0.1) is 0 Å². The van der Waals surface area contributed by atoms with E-state index in [4.69, 9.17) is 17.3 Å². The molecule has 98 valence electrons. The van der Waals surface area contributed by atoms with Gasteiger partial charge in [-0.1, -0.05) is 23.7 Å². The summed E-state index contributed by atoms with van der Waals surface area (Å²) in [5, 5.41) is 10.8. The van der Waals surface area contributed by atoms with Crippen LogP contribution in [-0.4, -0.2) is 34.7 Å². The molecule has 1 aromatic carbocycles. The van der Waals surface area contributed by atoms with Crippen LogP contribution in [0.5, 0.6) is 0 Å². The van der Waals surface area contributed by atoms with Crippen LogP contribution in [0, 0.1) is 0 Å². The zero-order chi connectivity index (χ0) is 12.9. The zero-order valence-electron chi connectivity index (χ0n) is 10.6. The largest absolute Gasteiger partial charge is 0.389 e. The van der Waals surface area contributed by atoms with Gasteiger partial charge in [0.05, 0.1) is 5.60 Å². The van der Waals surface area contributed by atoms with Crippen molar-refractivity contribution < 1.29 is 5.11 Å². The summed E-state index contributed by atoms with van der Waals surface area (Å²) >= 11 is 6.24. The molecule has 3 nitrogen and oxygen atoms in total. The van der Waals surface area contributed by atoms with E-state index in [9.17, 15) is 5.11 Å². The topological polar surface area (TPSA) is 49.5 Å². The first-order valence-electron chi connectivity index (χ1n) is 6.47. The Bertz CT molecular complexity index is 475. The number of benzene rings is 1. The molecule has 3 atom stereocenters. The summed E-state index contributed by atoms with van der Waals surface area (Å²) in [5.41, 5.74) is 8.13. The molecule has 3 N–H and O–H groups in total. The molecule has 0 bridgehead atoms. The molecule has 1 aliphatic heterocycles. The third-order valence-corrected chi connectivity index (χ3v) is 4.60. The Morgan fingerprint density at radius 3 is 2.89 bits per heavy atom. The number of β-amino-alcohol motifs (C(OH)–C–C–N with tert-alkyl or cyclic N) is 1. The van der Waals surface area contributed by atoms with Crippen molar-refractivity contribution in [2.45, 2.75) is 37.5 Å². The van der Waals surface area contributed by atoms with Gasteiger partial charge >= 0.3 is 0 Å². The fourth-order valence-electron chi connectivity index (χ4n) is 3.30. The van der Waals surface area contributed by atoms with Gasteiger partial charge < -0.3 is 10.8 Å². The van der Waals surface area contributed by atoms with E-state index in [1.807, 2.05) is 19.1 Å². The first-order chi connectivity index (χ1) is 8.48. The van der Waals surface area contributed by atoms with Crippen LogP contribution in [-0.2, 0) is 6.42 Å². The average Bonchev–Trinajstić information content (AvgIpc) is 2.81. The van der Waals surface area contributed by atoms with E-state index >= 15 is 0 Å². The first-order valence-corrected chi connectivity index (χ1v) is 6.85. The van der Waals surface area contributed by atoms with Gasteiger partial charge in [0.15, 0.2) is 0 Å². The van der Waals surface area contributed by atoms with Crippen LogP contribution in [0.25, 0.3) is 0 Å². The van der Waals surface area contributed by atoms with Crippen LogP contribution in [0.3, 0.4) is 0 Å². The fraction of sp³-hybridized carbons (Fsp3) is 0.571. The second-order valence-electron chi connectivity index (χ2n) is 5.83. The molecule has 1 fully saturated rings. The van der Waals surface area contributed by atoms with Crippen molar-refractivity contribution >= 4 is 11.6 Å². The quantitative estimate of drug-likeness (QED) is 0.814. The number of fused-ring (bicyclic) bond motifs is 1. The third-order valence-electron chi connectivity index (χ3n) is 4.27. The maximum absolute atomic E-state index is 10.1. The van der Waals surface area contributed by atoms with Crippen LogP contribution in [0.2, 0.25) is 5.02 Å². The number of nitrogens with zero attached hydrogens (tertiary/aromatic N) is 1. The van der Waals surface area contributed by atoms with Crippen LogP contribution in [0.15, 0.2) is 18.2 Å². The molecule has 0 spiro atoms. The average molecular weight is 267 g/mol. The number of hydrogen-bond acceptors (Lipinski definition) is 3. The lowest BCUT2D eigenvalue weighted by Crippen LogP contribution is -2.41. The van der Waals surface area contributed by atoms with Crippen molar-refractivity contribution in [1.29, 1.82) is 0 Å². The predicted molar refractivity (Wildman–Crippen MR) is 72.7 cm³/mol. The normalized spacial score (nSPS) is 36.0. The number of halogens is 1. The summed E-state index contributed by atoms with van der Waals surface area (Å²) in [5.74, 6) is 0. The maximum atomic E-state index is 10.1. The SMILES string of the molecule is C[C@]1(O)CCN([C@@H]2Cc3cccc(Cl)c3[C@H]2N)C1. The van der Waals surface area contributed by atoms with Crippen molar-refractivity contribution in [3.63, 3.8) is 0 Å². The minimum Gasteiger partial charge on any atom is -0.389 e. The molecule has 0 saturated carbocycles. The highest BCUT2D eigenvalue weighted by Crippen LogP contribution is 2.39. The molecule has 0 radical (unpaired) electrons. The van der Waals surface area contributed by atoms with Crippen molar-refractivity contribution in [1.82, 2.24) is 4.90 Å². The number of aliphatic hydroxyl groups is 1. The Labute approximate surface area is 113 Å². The van der Waals surface area contributed by atoms with E-state index < -0.39 is 5.60 Å². The lowest BCUT2D eigenvalue weighted by atomic mass is 10.1. The van der Waals surface area contributed by atoms with Gasteiger partial charge in [0.25, 0.3) is 0 Å². The van der Waals surface area contributed by atoms with E-state index in [1.54, 1.807) is 0 Å². The van der Waals surface area contributed by atoms with E-state index in [2.05, 4.69) is 11.0 Å². The fourth-order valence-corrected chi connectivity index (χ4v) is 3.62. The van der Waals surface area contributed by atoms with Gasteiger partial charge in [0.2, 0.25) is 0 Å². The molecule has 2 aliphatic rings. The first kappa shape index (κ1) is 12.4. The van der Waals surface area contributed by atoms with Gasteiger partial charge in [0, 0.05) is 30.2 Å². The van der Waals surface area contributed by atoms with E-state index in [0.29, 0.717) is 6.54 Å². The molecule has 1 heterocycles. The van der Waals surface area contributed by atoms with Crippen LogP contribution in [0.1, 0.15) is 30.5 Å². The molecule has 1 saturated heterocycles. The van der Waals surface area contributed by atoms with Crippen LogP contribution in [0.4, 0.5) is 0 Å². The number of likely N-dealkylation sites (tertiary alicyclic amines) is 1. The molecule has 3 rings (SSSR count). The van der Waals surface area contributed by atoms with E-state index in [-0.39, 0.29) is 12.1 Å². The Morgan fingerprint density at radius 1 is 1.50 bits per heavy atom. The summed E-state index contributed by atoms with van der Waals surface area (Å²) in [4.78, 5) is 2.31. The Hall–Kier alpha value is -0.610. The highest BCUT2D eigenvalue weighted by Gasteiger charge is 2.41. The molecule has 4 heteroatoms.